The van der Waals surface area contributed by atoms with Crippen molar-refractivity contribution in [2.24, 2.45) is 0 Å². The lowest BCUT2D eigenvalue weighted by atomic mass is 10.00. The summed E-state index contributed by atoms with van der Waals surface area (Å²) in [6.07, 6.45) is 1.71. The molecule has 0 bridgehead atoms. The number of ketones is 1. The first-order chi connectivity index (χ1) is 13.5. The summed E-state index contributed by atoms with van der Waals surface area (Å²) in [5.74, 6) is -0.847. The second-order valence-corrected chi connectivity index (χ2v) is 9.59. The molecule has 0 aromatic heterocycles. The number of hydrogen-bond acceptors (Lipinski definition) is 5. The lowest BCUT2D eigenvalue weighted by Crippen LogP contribution is -2.34. The Morgan fingerprint density at radius 2 is 1.72 bits per heavy atom. The smallest absolute Gasteiger partial charge is 0.339 e. The Hall–Kier alpha value is -2.67. The summed E-state index contributed by atoms with van der Waals surface area (Å²) in [6.45, 7) is 7.10. The molecule has 0 saturated carbocycles. The SMILES string of the molecule is Cc1cc(C)c(C(=O)OCC(=O)c2ccc3c(c2)C[C@H](C)N3S(C)(=O)=O)c(C)c1. The summed E-state index contributed by atoms with van der Waals surface area (Å²) in [5, 5.41) is 0. The first-order valence-corrected chi connectivity index (χ1v) is 11.2. The number of benzene rings is 2. The number of sulfonamides is 1. The predicted molar refractivity (Wildman–Crippen MR) is 112 cm³/mol. The molecule has 7 heteroatoms. The zero-order valence-corrected chi connectivity index (χ0v) is 18.1. The van der Waals surface area contributed by atoms with Crippen LogP contribution in [0.3, 0.4) is 0 Å². The highest BCUT2D eigenvalue weighted by molar-refractivity contribution is 7.92. The number of hydrogen-bond donors (Lipinski definition) is 0. The second kappa shape index (κ2) is 7.63. The average Bonchev–Trinajstić information content (AvgIpc) is 2.93. The fourth-order valence-corrected chi connectivity index (χ4v) is 5.33. The van der Waals surface area contributed by atoms with Crippen LogP contribution in [0.5, 0.6) is 0 Å². The quantitative estimate of drug-likeness (QED) is 0.553. The summed E-state index contributed by atoms with van der Waals surface area (Å²) in [5.41, 5.74) is 4.96. The van der Waals surface area contributed by atoms with Gasteiger partial charge in [-0.25, -0.2) is 13.2 Å². The van der Waals surface area contributed by atoms with Gasteiger partial charge in [0.1, 0.15) is 0 Å². The fraction of sp³-hybridized carbons (Fsp3) is 0.364. The number of fused-ring (bicyclic) bond motifs is 1. The number of carbonyl (C=O) groups is 2. The summed E-state index contributed by atoms with van der Waals surface area (Å²) in [7, 11) is -3.38. The van der Waals surface area contributed by atoms with Gasteiger partial charge in [0.25, 0.3) is 0 Å². The molecule has 0 amide bonds. The molecule has 0 fully saturated rings. The van der Waals surface area contributed by atoms with Crippen LogP contribution in [0.2, 0.25) is 0 Å². The minimum Gasteiger partial charge on any atom is -0.454 e. The molecule has 1 atom stereocenters. The summed E-state index contributed by atoms with van der Waals surface area (Å²) >= 11 is 0. The van der Waals surface area contributed by atoms with Gasteiger partial charge < -0.3 is 4.74 Å². The van der Waals surface area contributed by atoms with Crippen LogP contribution in [0.15, 0.2) is 30.3 Å². The second-order valence-electron chi connectivity index (χ2n) is 7.73. The molecule has 1 heterocycles. The fourth-order valence-electron chi connectivity index (χ4n) is 4.07. The number of aryl methyl sites for hydroxylation is 3. The van der Waals surface area contributed by atoms with Gasteiger partial charge in [-0.15, -0.1) is 0 Å². The average molecular weight is 416 g/mol. The molecule has 0 spiro atoms. The number of nitrogens with zero attached hydrogens (tertiary/aromatic N) is 1. The van der Waals surface area contributed by atoms with E-state index in [1.54, 1.807) is 18.2 Å². The van der Waals surface area contributed by atoms with E-state index in [9.17, 15) is 18.0 Å². The van der Waals surface area contributed by atoms with Crippen LogP contribution in [0.4, 0.5) is 5.69 Å². The Labute approximate surface area is 171 Å². The Bertz CT molecular complexity index is 1080. The normalized spacial score (nSPS) is 15.9. The minimum atomic E-state index is -3.38. The van der Waals surface area contributed by atoms with Gasteiger partial charge in [0, 0.05) is 11.6 Å². The van der Waals surface area contributed by atoms with Gasteiger partial charge in [-0.1, -0.05) is 17.7 Å². The van der Waals surface area contributed by atoms with Crippen molar-refractivity contribution in [1.29, 1.82) is 0 Å². The third kappa shape index (κ3) is 4.19. The van der Waals surface area contributed by atoms with Gasteiger partial charge in [-0.3, -0.25) is 9.10 Å². The Balaban J connectivity index is 1.75. The maximum absolute atomic E-state index is 12.6. The van der Waals surface area contributed by atoms with Gasteiger partial charge >= 0.3 is 5.97 Å². The molecular formula is C22H25NO5S. The van der Waals surface area contributed by atoms with E-state index in [-0.39, 0.29) is 18.4 Å². The first kappa shape index (κ1) is 21.0. The number of ether oxygens (including phenoxy) is 1. The number of Topliss-reactive ketones (excluding diaryl/α,β-unsaturated/α-hetero) is 1. The Morgan fingerprint density at radius 3 is 2.31 bits per heavy atom. The van der Waals surface area contributed by atoms with E-state index in [1.165, 1.54) is 10.6 Å². The van der Waals surface area contributed by atoms with E-state index >= 15 is 0 Å². The van der Waals surface area contributed by atoms with Crippen molar-refractivity contribution in [2.45, 2.75) is 40.2 Å². The summed E-state index contributed by atoms with van der Waals surface area (Å²) in [4.78, 5) is 25.0. The van der Waals surface area contributed by atoms with Gasteiger partial charge in [0.05, 0.1) is 17.5 Å². The number of rotatable bonds is 5. The number of carbonyl (C=O) groups excluding carboxylic acids is 2. The molecule has 1 aliphatic heterocycles. The molecule has 2 aromatic rings. The van der Waals surface area contributed by atoms with Gasteiger partial charge in [0.2, 0.25) is 10.0 Å². The van der Waals surface area contributed by atoms with Crippen LogP contribution in [-0.4, -0.2) is 39.1 Å². The molecule has 2 aromatic carbocycles. The topological polar surface area (TPSA) is 80.8 Å². The van der Waals surface area contributed by atoms with Crippen LogP contribution in [0, 0.1) is 20.8 Å². The number of anilines is 1. The molecule has 0 unspecified atom stereocenters. The monoisotopic (exact) mass is 415 g/mol. The number of esters is 1. The molecule has 0 saturated heterocycles. The molecule has 0 radical (unpaired) electrons. The third-order valence-electron chi connectivity index (χ3n) is 5.13. The van der Waals surface area contributed by atoms with Crippen molar-refractivity contribution in [3.63, 3.8) is 0 Å². The van der Waals surface area contributed by atoms with Crippen molar-refractivity contribution in [1.82, 2.24) is 0 Å². The van der Waals surface area contributed by atoms with Crippen molar-refractivity contribution in [3.8, 4) is 0 Å². The lowest BCUT2D eigenvalue weighted by molar-refractivity contribution is 0.0473. The van der Waals surface area contributed by atoms with Crippen molar-refractivity contribution >= 4 is 27.5 Å². The highest BCUT2D eigenvalue weighted by atomic mass is 32.2. The largest absolute Gasteiger partial charge is 0.454 e. The highest BCUT2D eigenvalue weighted by Crippen LogP contribution is 2.34. The molecule has 0 N–H and O–H groups in total. The predicted octanol–water partition coefficient (Wildman–Crippen LogP) is 3.36. The maximum atomic E-state index is 12.6. The zero-order valence-electron chi connectivity index (χ0n) is 17.3. The Morgan fingerprint density at radius 1 is 1.10 bits per heavy atom. The first-order valence-electron chi connectivity index (χ1n) is 9.39. The van der Waals surface area contributed by atoms with Crippen LogP contribution in [0.25, 0.3) is 0 Å². The molecular weight excluding hydrogens is 390 g/mol. The summed E-state index contributed by atoms with van der Waals surface area (Å²) in [6, 6.07) is 8.52. The van der Waals surface area contributed by atoms with Crippen molar-refractivity contribution < 1.29 is 22.7 Å². The standard InChI is InChI=1S/C22H25NO5S/c1-13-8-14(2)21(15(3)9-13)22(25)28-12-20(24)17-6-7-19-18(11-17)10-16(4)23(19)29(5,26)27/h6-9,11,16H,10,12H2,1-5H3/t16-/m0/s1. The third-order valence-corrected chi connectivity index (χ3v) is 6.40. The molecule has 0 aliphatic carbocycles. The lowest BCUT2D eigenvalue weighted by Gasteiger charge is -2.21. The summed E-state index contributed by atoms with van der Waals surface area (Å²) < 4.78 is 30.7. The minimum absolute atomic E-state index is 0.198. The van der Waals surface area contributed by atoms with E-state index in [2.05, 4.69) is 0 Å². The molecule has 29 heavy (non-hydrogen) atoms. The van der Waals surface area contributed by atoms with Crippen LogP contribution < -0.4 is 4.31 Å². The highest BCUT2D eigenvalue weighted by Gasteiger charge is 2.32. The maximum Gasteiger partial charge on any atom is 0.339 e. The molecule has 6 nitrogen and oxygen atoms in total. The van der Waals surface area contributed by atoms with Crippen LogP contribution in [0.1, 0.15) is 49.9 Å². The van der Waals surface area contributed by atoms with E-state index in [0.29, 0.717) is 23.2 Å². The van der Waals surface area contributed by atoms with E-state index in [0.717, 1.165) is 22.3 Å². The van der Waals surface area contributed by atoms with Crippen molar-refractivity contribution in [2.75, 3.05) is 17.2 Å². The van der Waals surface area contributed by atoms with Crippen molar-refractivity contribution in [3.05, 3.63) is 63.7 Å². The van der Waals surface area contributed by atoms with Crippen LogP contribution >= 0.6 is 0 Å². The van der Waals surface area contributed by atoms with Gasteiger partial charge in [0.15, 0.2) is 12.4 Å². The molecule has 1 aliphatic rings. The molecule has 154 valence electrons. The van der Waals surface area contributed by atoms with Gasteiger partial charge in [-0.05, 0) is 69.0 Å². The van der Waals surface area contributed by atoms with E-state index in [4.69, 9.17) is 4.74 Å². The molecule has 3 rings (SSSR count). The Kier molecular flexibility index (Phi) is 5.54. The van der Waals surface area contributed by atoms with E-state index < -0.39 is 16.0 Å². The zero-order chi connectivity index (χ0) is 21.5. The van der Waals surface area contributed by atoms with Crippen LogP contribution in [-0.2, 0) is 21.2 Å². The van der Waals surface area contributed by atoms with Gasteiger partial charge in [-0.2, -0.15) is 0 Å². The van der Waals surface area contributed by atoms with E-state index in [1.807, 2.05) is 39.8 Å².